The van der Waals surface area contributed by atoms with Crippen LogP contribution in [0.5, 0.6) is 0 Å². The van der Waals surface area contributed by atoms with Gasteiger partial charge in [0.15, 0.2) is 5.78 Å². The van der Waals surface area contributed by atoms with Gasteiger partial charge in [-0.05, 0) is 63.2 Å². The number of hydrogen-bond donors (Lipinski definition) is 2. The molecule has 0 aromatic heterocycles. The number of esters is 3. The summed E-state index contributed by atoms with van der Waals surface area (Å²) in [6.07, 6.45) is 4.10. The molecule has 8 atom stereocenters. The molecule has 0 radical (unpaired) electrons. The molecule has 4 aliphatic rings. The lowest BCUT2D eigenvalue weighted by Crippen LogP contribution is -2.69. The Hall–Kier alpha value is -2.00. The largest absolute Gasteiger partial charge is 0.465 e. The zero-order valence-electron chi connectivity index (χ0n) is 21.8. The number of hydrogen-bond acceptors (Lipinski definition) is 9. The molecule has 9 heteroatoms. The highest BCUT2D eigenvalue weighted by Gasteiger charge is 2.72. The molecule has 4 saturated carbocycles. The van der Waals surface area contributed by atoms with Crippen molar-refractivity contribution >= 4 is 23.7 Å². The van der Waals surface area contributed by atoms with Crippen LogP contribution in [0.15, 0.2) is 0 Å². The second-order valence-electron chi connectivity index (χ2n) is 11.9. The van der Waals surface area contributed by atoms with E-state index in [1.807, 2.05) is 6.92 Å². The monoisotopic (exact) mass is 508 g/mol. The van der Waals surface area contributed by atoms with Crippen LogP contribution in [0, 0.1) is 28.6 Å². The molecule has 0 heterocycles. The minimum atomic E-state index is -1.20. The van der Waals surface area contributed by atoms with E-state index in [0.717, 1.165) is 0 Å². The van der Waals surface area contributed by atoms with Crippen LogP contribution in [0.2, 0.25) is 0 Å². The van der Waals surface area contributed by atoms with Gasteiger partial charge >= 0.3 is 17.9 Å². The van der Waals surface area contributed by atoms with Crippen molar-refractivity contribution in [1.82, 2.24) is 0 Å². The number of carbonyl (C=O) groups excluding carboxylic acids is 4. The van der Waals surface area contributed by atoms with Crippen molar-refractivity contribution in [3.05, 3.63) is 0 Å². The van der Waals surface area contributed by atoms with Crippen LogP contribution in [0.3, 0.4) is 0 Å². The average molecular weight is 509 g/mol. The van der Waals surface area contributed by atoms with E-state index in [0.29, 0.717) is 51.4 Å². The van der Waals surface area contributed by atoms with Crippen LogP contribution in [-0.2, 0) is 33.4 Å². The summed E-state index contributed by atoms with van der Waals surface area (Å²) in [4.78, 5) is 47.8. The molecule has 4 fully saturated rings. The van der Waals surface area contributed by atoms with E-state index in [-0.39, 0.29) is 43.2 Å². The molecule has 0 aromatic rings. The van der Waals surface area contributed by atoms with E-state index in [1.165, 1.54) is 20.8 Å². The summed E-state index contributed by atoms with van der Waals surface area (Å²) in [5.41, 5.74) is -3.76. The highest BCUT2D eigenvalue weighted by atomic mass is 16.5. The first kappa shape index (κ1) is 27.0. The maximum atomic E-state index is 13.0. The van der Waals surface area contributed by atoms with Crippen molar-refractivity contribution in [1.29, 1.82) is 0 Å². The number of ketones is 1. The smallest absolute Gasteiger partial charge is 0.303 e. The fourth-order valence-corrected chi connectivity index (χ4v) is 8.64. The second kappa shape index (κ2) is 9.39. The minimum absolute atomic E-state index is 0.0500. The summed E-state index contributed by atoms with van der Waals surface area (Å²) in [6.45, 7) is 5.72. The fourth-order valence-electron chi connectivity index (χ4n) is 8.64. The third-order valence-electron chi connectivity index (χ3n) is 10.3. The first-order chi connectivity index (χ1) is 16.8. The number of Topliss-reactive ketones (excluding diaryl/α,β-unsaturated/α-hetero) is 1. The molecule has 0 unspecified atom stereocenters. The van der Waals surface area contributed by atoms with Gasteiger partial charge in [-0.3, -0.25) is 19.2 Å². The van der Waals surface area contributed by atoms with Crippen molar-refractivity contribution < 1.29 is 43.6 Å². The summed E-state index contributed by atoms with van der Waals surface area (Å²) in [5, 5.41) is 24.3. The molecule has 0 saturated heterocycles. The topological polar surface area (TPSA) is 136 Å². The Morgan fingerprint density at radius 1 is 0.806 bits per heavy atom. The summed E-state index contributed by atoms with van der Waals surface area (Å²) in [7, 11) is 0. The van der Waals surface area contributed by atoms with E-state index in [1.54, 1.807) is 0 Å². The lowest BCUT2D eigenvalue weighted by molar-refractivity contribution is -0.272. The molecule has 9 nitrogen and oxygen atoms in total. The first-order valence-corrected chi connectivity index (χ1v) is 13.2. The zero-order chi connectivity index (χ0) is 26.5. The van der Waals surface area contributed by atoms with Crippen molar-refractivity contribution in [3.63, 3.8) is 0 Å². The quantitative estimate of drug-likeness (QED) is 0.409. The third-order valence-corrected chi connectivity index (χ3v) is 10.3. The van der Waals surface area contributed by atoms with Gasteiger partial charge in [0, 0.05) is 43.9 Å². The summed E-state index contributed by atoms with van der Waals surface area (Å²) >= 11 is 0. The summed E-state index contributed by atoms with van der Waals surface area (Å²) in [5.74, 6) is -2.18. The molecular weight excluding hydrogens is 468 g/mol. The van der Waals surface area contributed by atoms with Gasteiger partial charge in [0.05, 0.1) is 17.8 Å². The van der Waals surface area contributed by atoms with Crippen LogP contribution < -0.4 is 0 Å². The number of carbonyl (C=O) groups is 4. The van der Waals surface area contributed by atoms with Gasteiger partial charge in [-0.1, -0.05) is 6.92 Å². The molecule has 36 heavy (non-hydrogen) atoms. The van der Waals surface area contributed by atoms with Crippen molar-refractivity contribution in [2.45, 2.75) is 103 Å². The highest BCUT2D eigenvalue weighted by molar-refractivity contribution is 5.85. The van der Waals surface area contributed by atoms with Gasteiger partial charge in [0.25, 0.3) is 0 Å². The molecule has 4 rings (SSSR count). The lowest BCUT2D eigenvalue weighted by atomic mass is 9.41. The number of fused-ring (bicyclic) bond motifs is 5. The van der Waals surface area contributed by atoms with Gasteiger partial charge in [-0.15, -0.1) is 0 Å². The molecule has 0 aliphatic heterocycles. The van der Waals surface area contributed by atoms with Gasteiger partial charge in [0.1, 0.15) is 12.7 Å². The molecule has 0 amide bonds. The molecular formula is C27H40O9. The molecule has 4 aliphatic carbocycles. The van der Waals surface area contributed by atoms with Crippen molar-refractivity contribution in [2.24, 2.45) is 28.6 Å². The maximum Gasteiger partial charge on any atom is 0.303 e. The number of rotatable bonds is 6. The molecule has 0 aromatic carbocycles. The van der Waals surface area contributed by atoms with Gasteiger partial charge in [-0.25, -0.2) is 0 Å². The van der Waals surface area contributed by atoms with Crippen molar-refractivity contribution in [2.75, 3.05) is 13.2 Å². The van der Waals surface area contributed by atoms with E-state index in [9.17, 15) is 29.4 Å². The Kier molecular flexibility index (Phi) is 7.05. The van der Waals surface area contributed by atoms with Crippen LogP contribution >= 0.6 is 0 Å². The molecule has 2 N–H and O–H groups in total. The predicted molar refractivity (Wildman–Crippen MR) is 126 cm³/mol. The standard InChI is InChI=1S/C27H40O9/c1-16(28)34-14-23(31)22-8-12-27(33)21-7-11-26(32)13-19(36-18(3)30)5-10-25(26,15-35-17(2)29)20(21)6-9-24(22,27)4/h19-22,32-33H,5-15H2,1-4H3/t19-,20+,21-,22-,24+,25-,26+,27-/m0/s1. The maximum absolute atomic E-state index is 13.0. The van der Waals surface area contributed by atoms with E-state index < -0.39 is 46.0 Å². The Labute approximate surface area is 212 Å². The van der Waals surface area contributed by atoms with Crippen molar-refractivity contribution in [3.8, 4) is 0 Å². The SMILES string of the molecule is CC(=O)OCC(=O)[C@@H]1CC[C@]2(O)[C@H]3CC[C@@]4(O)C[C@@H](OC(C)=O)CC[C@]4(COC(C)=O)[C@@H]3CC[C@]12C. The van der Waals surface area contributed by atoms with Gasteiger partial charge in [-0.2, -0.15) is 0 Å². The number of aliphatic hydroxyl groups is 2. The molecule has 202 valence electrons. The Balaban J connectivity index is 1.65. The lowest BCUT2D eigenvalue weighted by Gasteiger charge is -2.66. The second-order valence-corrected chi connectivity index (χ2v) is 11.9. The Morgan fingerprint density at radius 3 is 2.11 bits per heavy atom. The van der Waals surface area contributed by atoms with Gasteiger partial charge < -0.3 is 24.4 Å². The Bertz CT molecular complexity index is 932. The zero-order valence-corrected chi connectivity index (χ0v) is 21.8. The van der Waals surface area contributed by atoms with Crippen LogP contribution in [0.25, 0.3) is 0 Å². The van der Waals surface area contributed by atoms with E-state index >= 15 is 0 Å². The average Bonchev–Trinajstić information content (AvgIpc) is 3.06. The highest BCUT2D eigenvalue weighted by Crippen LogP contribution is 2.70. The number of ether oxygens (including phenoxy) is 3. The fraction of sp³-hybridized carbons (Fsp3) is 0.852. The van der Waals surface area contributed by atoms with E-state index in [4.69, 9.17) is 14.2 Å². The summed E-state index contributed by atoms with van der Waals surface area (Å²) < 4.78 is 16.0. The first-order valence-electron chi connectivity index (χ1n) is 13.2. The minimum Gasteiger partial charge on any atom is -0.465 e. The van der Waals surface area contributed by atoms with Gasteiger partial charge in [0.2, 0.25) is 0 Å². The predicted octanol–water partition coefficient (Wildman–Crippen LogP) is 2.48. The third kappa shape index (κ3) is 4.16. The van der Waals surface area contributed by atoms with Crippen LogP contribution in [-0.4, -0.2) is 64.4 Å². The molecule has 0 bridgehead atoms. The van der Waals surface area contributed by atoms with E-state index in [2.05, 4.69) is 0 Å². The van der Waals surface area contributed by atoms with Crippen LogP contribution in [0.1, 0.15) is 85.5 Å². The molecule has 0 spiro atoms. The van der Waals surface area contributed by atoms with Crippen LogP contribution in [0.4, 0.5) is 0 Å². The summed E-state index contributed by atoms with van der Waals surface area (Å²) in [6, 6.07) is 0. The Morgan fingerprint density at radius 2 is 1.47 bits per heavy atom. The normalized spacial score (nSPS) is 43.4.